The van der Waals surface area contributed by atoms with Crippen molar-refractivity contribution in [1.82, 2.24) is 24.5 Å². The summed E-state index contributed by atoms with van der Waals surface area (Å²) in [5.74, 6) is 1.70. The molecule has 5 rings (SSSR count). The van der Waals surface area contributed by atoms with E-state index in [9.17, 15) is 9.59 Å². The van der Waals surface area contributed by atoms with Crippen molar-refractivity contribution in [3.63, 3.8) is 0 Å². The second kappa shape index (κ2) is 11.9. The monoisotopic (exact) mass is 586 g/mol. The van der Waals surface area contributed by atoms with Gasteiger partial charge in [0.05, 0.1) is 31.1 Å². The van der Waals surface area contributed by atoms with Gasteiger partial charge in [-0.05, 0) is 36.8 Å². The number of aryl methyl sites for hydroxylation is 1. The van der Waals surface area contributed by atoms with Gasteiger partial charge in [0.1, 0.15) is 18.2 Å². The maximum Gasteiger partial charge on any atom is 0.257 e. The first kappa shape index (κ1) is 29.3. The van der Waals surface area contributed by atoms with Crippen LogP contribution in [0.5, 0.6) is 0 Å². The summed E-state index contributed by atoms with van der Waals surface area (Å²) in [5, 5.41) is 8.78. The molecule has 41 heavy (non-hydrogen) atoms. The van der Waals surface area contributed by atoms with Crippen LogP contribution in [0.1, 0.15) is 34.8 Å². The zero-order valence-corrected chi connectivity index (χ0v) is 25.2. The second-order valence-corrected chi connectivity index (χ2v) is 15.8. The van der Waals surface area contributed by atoms with Gasteiger partial charge < -0.3 is 19.3 Å². The molecule has 2 aromatic heterocycles. The summed E-state index contributed by atoms with van der Waals surface area (Å²) in [6.45, 7) is 4.27. The molecule has 2 amide bonds. The number of anilines is 1. The molecule has 2 aliphatic heterocycles. The van der Waals surface area contributed by atoms with Crippen LogP contribution in [0.4, 0.5) is 10.1 Å². The fourth-order valence-corrected chi connectivity index (χ4v) is 5.82. The molecule has 222 valence electrons. The van der Waals surface area contributed by atoms with Crippen LogP contribution in [0, 0.1) is 5.82 Å². The molecule has 1 fully saturated rings. The minimum atomic E-state index is -0.670. The molecule has 4 heterocycles. The number of hydrogen-bond donors (Lipinski definition) is 0. The number of ether oxygens (including phenoxy) is 2. The number of rotatable bonds is 11. The van der Waals surface area contributed by atoms with Crippen molar-refractivity contribution in [3.05, 3.63) is 53.2 Å². The minimum Gasteiger partial charge on any atom is -0.370 e. The summed E-state index contributed by atoms with van der Waals surface area (Å²) in [7, 11) is 2.78. The highest BCUT2D eigenvalue weighted by atomic mass is 32.3. The second-order valence-electron chi connectivity index (χ2n) is 11.3. The fourth-order valence-electron chi connectivity index (χ4n) is 4.96. The van der Waals surface area contributed by atoms with Crippen LogP contribution in [-0.2, 0) is 41.1 Å². The molecule has 0 spiro atoms. The minimum absolute atomic E-state index is 0.0233. The predicted octanol–water partition coefficient (Wildman–Crippen LogP) is 3.43. The van der Waals surface area contributed by atoms with E-state index >= 15 is 4.39 Å². The zero-order valence-electron chi connectivity index (χ0n) is 24.4. The van der Waals surface area contributed by atoms with Crippen molar-refractivity contribution in [2.24, 2.45) is 7.05 Å². The highest BCUT2D eigenvalue weighted by Gasteiger charge is 2.33. The standard InChI is InChI=1S/C29H39FN6O4S/c1-6-41(4,5)12-11-39-19-36-15-21(18-40-22-16-35(17-22)29(38)20-13-31-33(2)14-20)28(32-36)24-7-9-25-23(27(24)30)8-10-26(37)34(25)3/h7,9,13-15,22H,6,8,10-12,16-19H2,1-5H3. The highest BCUT2D eigenvalue weighted by molar-refractivity contribution is 8.32. The van der Waals surface area contributed by atoms with E-state index in [4.69, 9.17) is 14.6 Å². The van der Waals surface area contributed by atoms with Gasteiger partial charge in [0, 0.05) is 74.1 Å². The lowest BCUT2D eigenvalue weighted by atomic mass is 9.96. The normalized spacial score (nSPS) is 16.2. The quantitative estimate of drug-likeness (QED) is 0.320. The van der Waals surface area contributed by atoms with Crippen molar-refractivity contribution >= 4 is 27.5 Å². The maximum atomic E-state index is 15.9. The summed E-state index contributed by atoms with van der Waals surface area (Å²) in [6, 6.07) is 3.47. The lowest BCUT2D eigenvalue weighted by molar-refractivity contribution is -0.118. The largest absolute Gasteiger partial charge is 0.370 e. The smallest absolute Gasteiger partial charge is 0.257 e. The number of nitrogens with zero attached hydrogens (tertiary/aromatic N) is 6. The van der Waals surface area contributed by atoms with Crippen molar-refractivity contribution in [2.75, 3.05) is 55.7 Å². The van der Waals surface area contributed by atoms with E-state index in [1.807, 2.05) is 6.20 Å². The number of aromatic nitrogens is 4. The van der Waals surface area contributed by atoms with Crippen LogP contribution >= 0.6 is 10.0 Å². The van der Waals surface area contributed by atoms with Crippen LogP contribution in [0.3, 0.4) is 0 Å². The van der Waals surface area contributed by atoms with Crippen LogP contribution in [0.25, 0.3) is 11.3 Å². The third-order valence-electron chi connectivity index (χ3n) is 7.98. The molecule has 1 saturated heterocycles. The molecule has 0 bridgehead atoms. The van der Waals surface area contributed by atoms with Crippen LogP contribution in [0.2, 0.25) is 0 Å². The number of benzene rings is 1. The van der Waals surface area contributed by atoms with Gasteiger partial charge in [-0.15, -0.1) is 0 Å². The topological polar surface area (TPSA) is 94.7 Å². The zero-order chi connectivity index (χ0) is 29.3. The first-order chi connectivity index (χ1) is 19.6. The van der Waals surface area contributed by atoms with Gasteiger partial charge in [0.2, 0.25) is 5.91 Å². The van der Waals surface area contributed by atoms with Gasteiger partial charge in [0.15, 0.2) is 0 Å². The molecule has 0 N–H and O–H groups in total. The summed E-state index contributed by atoms with van der Waals surface area (Å²) in [4.78, 5) is 28.0. The number of hydrogen-bond acceptors (Lipinski definition) is 6. The molecular formula is C29H39FN6O4S. The van der Waals surface area contributed by atoms with Crippen molar-refractivity contribution in [1.29, 1.82) is 0 Å². The highest BCUT2D eigenvalue weighted by Crippen LogP contribution is 2.38. The summed E-state index contributed by atoms with van der Waals surface area (Å²) >= 11 is 0. The van der Waals surface area contributed by atoms with Gasteiger partial charge in [-0.25, -0.2) is 19.1 Å². The predicted molar refractivity (Wildman–Crippen MR) is 158 cm³/mol. The van der Waals surface area contributed by atoms with E-state index in [1.165, 1.54) is 4.90 Å². The van der Waals surface area contributed by atoms with Gasteiger partial charge in [-0.1, -0.05) is 6.92 Å². The first-order valence-corrected chi connectivity index (χ1v) is 16.7. The van der Waals surface area contributed by atoms with E-state index in [2.05, 4.69) is 24.5 Å². The number of halogens is 1. The molecule has 12 heteroatoms. The van der Waals surface area contributed by atoms with E-state index in [0.29, 0.717) is 54.2 Å². The summed E-state index contributed by atoms with van der Waals surface area (Å²) in [5.41, 5.74) is 3.28. The summed E-state index contributed by atoms with van der Waals surface area (Å²) in [6.07, 6.45) is 10.2. The Morgan fingerprint density at radius 1 is 1.17 bits per heavy atom. The Morgan fingerprint density at radius 2 is 1.95 bits per heavy atom. The van der Waals surface area contributed by atoms with E-state index in [1.54, 1.807) is 52.9 Å². The van der Waals surface area contributed by atoms with E-state index in [0.717, 1.165) is 17.1 Å². The van der Waals surface area contributed by atoms with Gasteiger partial charge in [-0.2, -0.15) is 10.2 Å². The molecule has 3 aromatic rings. The summed E-state index contributed by atoms with van der Waals surface area (Å²) < 4.78 is 31.3. The Kier molecular flexibility index (Phi) is 8.53. The molecule has 0 saturated carbocycles. The number of amides is 2. The van der Waals surface area contributed by atoms with Crippen molar-refractivity contribution in [2.45, 2.75) is 39.2 Å². The van der Waals surface area contributed by atoms with Gasteiger partial charge >= 0.3 is 0 Å². The van der Waals surface area contributed by atoms with Gasteiger partial charge in [0.25, 0.3) is 5.91 Å². The van der Waals surface area contributed by atoms with Crippen LogP contribution in [0.15, 0.2) is 30.7 Å². The van der Waals surface area contributed by atoms with Crippen LogP contribution < -0.4 is 4.90 Å². The molecule has 10 nitrogen and oxygen atoms in total. The fraction of sp³-hybridized carbons (Fsp3) is 0.517. The number of fused-ring (bicyclic) bond motifs is 1. The van der Waals surface area contributed by atoms with Crippen LogP contribution in [-0.4, -0.2) is 93.1 Å². The third kappa shape index (κ3) is 6.34. The molecule has 2 aliphatic rings. The Bertz CT molecular complexity index is 1430. The maximum absolute atomic E-state index is 15.9. The lowest BCUT2D eigenvalue weighted by Gasteiger charge is -2.38. The lowest BCUT2D eigenvalue weighted by Crippen LogP contribution is -2.54. The van der Waals surface area contributed by atoms with Crippen molar-refractivity contribution in [3.8, 4) is 11.3 Å². The molecule has 1 aromatic carbocycles. The first-order valence-electron chi connectivity index (χ1n) is 13.9. The Labute approximate surface area is 241 Å². The van der Waals surface area contributed by atoms with Gasteiger partial charge in [-0.3, -0.25) is 14.3 Å². The SMILES string of the molecule is CCS(C)(C)CCOCn1cc(COC2CN(C(=O)c3cnn(C)c3)C2)c(-c2ccc3c(c2F)CCC(=O)N3C)n1. The number of likely N-dealkylation sites (tertiary alicyclic amines) is 1. The molecular weight excluding hydrogens is 547 g/mol. The van der Waals surface area contributed by atoms with E-state index < -0.39 is 10.0 Å². The Morgan fingerprint density at radius 3 is 2.66 bits per heavy atom. The Hall–Kier alpha value is -3.22. The van der Waals surface area contributed by atoms with E-state index in [-0.39, 0.29) is 43.5 Å². The molecule has 0 aliphatic carbocycles. The average Bonchev–Trinajstić information content (AvgIpc) is 3.54. The Balaban J connectivity index is 1.30. The molecule has 0 unspecified atom stereocenters. The van der Waals surface area contributed by atoms with Crippen molar-refractivity contribution < 1.29 is 23.5 Å². The number of carbonyl (C=O) groups is 2. The molecule has 0 radical (unpaired) electrons. The number of carbonyl (C=O) groups excluding carboxylic acids is 2. The third-order valence-corrected chi connectivity index (χ3v) is 10.8. The average molecular weight is 587 g/mol. The molecule has 0 atom stereocenters.